The predicted molar refractivity (Wildman–Crippen MR) is 49.6 cm³/mol. The maximum Gasteiger partial charge on any atom is 0.130 e. The molecule has 74 valence electrons. The van der Waals surface area contributed by atoms with Gasteiger partial charge in [-0.2, -0.15) is 0 Å². The first-order valence-electron chi connectivity index (χ1n) is 4.51. The van der Waals surface area contributed by atoms with Crippen LogP contribution in [-0.4, -0.2) is 11.2 Å². The van der Waals surface area contributed by atoms with Gasteiger partial charge in [0.1, 0.15) is 11.6 Å². The molecule has 0 aromatic heterocycles. The van der Waals surface area contributed by atoms with Crippen LogP contribution in [0.1, 0.15) is 18.4 Å². The van der Waals surface area contributed by atoms with E-state index in [9.17, 15) is 13.9 Å². The van der Waals surface area contributed by atoms with Crippen LogP contribution in [0.15, 0.2) is 24.3 Å². The van der Waals surface area contributed by atoms with Gasteiger partial charge in [0.05, 0.1) is 6.10 Å². The molecule has 0 aliphatic heterocycles. The number of aliphatic hydroxyl groups excluding tert-OH is 1. The highest BCUT2D eigenvalue weighted by Gasteiger charge is 2.17. The third-order valence-electron chi connectivity index (χ3n) is 2.38. The Morgan fingerprint density at radius 2 is 2.07 bits per heavy atom. The molecule has 0 saturated carbocycles. The predicted octanol–water partition coefficient (Wildman–Crippen LogP) is 2.50. The Hall–Kier alpha value is -1.22. The van der Waals surface area contributed by atoms with Gasteiger partial charge in [0.2, 0.25) is 0 Å². The summed E-state index contributed by atoms with van der Waals surface area (Å²) in [5, 5.41) is 9.23. The van der Waals surface area contributed by atoms with Crippen LogP contribution >= 0.6 is 0 Å². The molecule has 1 atom stereocenters. The molecule has 1 unspecified atom stereocenters. The second-order valence-electron chi connectivity index (χ2n) is 3.42. The first-order valence-corrected chi connectivity index (χ1v) is 4.51. The molecule has 0 spiro atoms. The Bertz CT molecular complexity index is 385. The largest absolute Gasteiger partial charge is 0.389 e. The van der Waals surface area contributed by atoms with Crippen molar-refractivity contribution in [3.05, 3.63) is 41.5 Å². The summed E-state index contributed by atoms with van der Waals surface area (Å²) in [6.45, 7) is 0. The van der Waals surface area contributed by atoms with Gasteiger partial charge in [0, 0.05) is 5.56 Å². The van der Waals surface area contributed by atoms with E-state index >= 15 is 0 Å². The Morgan fingerprint density at radius 1 is 1.29 bits per heavy atom. The van der Waals surface area contributed by atoms with E-state index in [0.717, 1.165) is 12.1 Å². The van der Waals surface area contributed by atoms with Crippen LogP contribution in [0.25, 0.3) is 5.57 Å². The maximum absolute atomic E-state index is 13.3. The highest BCUT2D eigenvalue weighted by molar-refractivity contribution is 5.68. The van der Waals surface area contributed by atoms with Gasteiger partial charge in [-0.3, -0.25) is 0 Å². The molecule has 1 nitrogen and oxygen atoms in total. The van der Waals surface area contributed by atoms with E-state index in [2.05, 4.69) is 0 Å². The van der Waals surface area contributed by atoms with E-state index in [1.165, 1.54) is 6.07 Å². The minimum absolute atomic E-state index is 0.265. The molecule has 1 N–H and O–H groups in total. The minimum atomic E-state index is -0.521. The van der Waals surface area contributed by atoms with Crippen molar-refractivity contribution in [2.45, 2.75) is 18.9 Å². The van der Waals surface area contributed by atoms with Gasteiger partial charge in [-0.15, -0.1) is 0 Å². The highest BCUT2D eigenvalue weighted by Crippen LogP contribution is 2.29. The fourth-order valence-electron chi connectivity index (χ4n) is 1.67. The van der Waals surface area contributed by atoms with E-state index in [0.29, 0.717) is 18.4 Å². The summed E-state index contributed by atoms with van der Waals surface area (Å²) in [7, 11) is 0. The molecule has 0 amide bonds. The fraction of sp³-hybridized carbons (Fsp3) is 0.273. The molecule has 1 aliphatic carbocycles. The molecule has 0 fully saturated rings. The molecule has 1 aromatic carbocycles. The van der Waals surface area contributed by atoms with Gasteiger partial charge in [-0.05, 0) is 36.6 Å². The van der Waals surface area contributed by atoms with E-state index in [4.69, 9.17) is 0 Å². The molecule has 0 heterocycles. The lowest BCUT2D eigenvalue weighted by atomic mass is 10.1. The quantitative estimate of drug-likeness (QED) is 0.731. The van der Waals surface area contributed by atoms with Crippen LogP contribution in [0.2, 0.25) is 0 Å². The van der Waals surface area contributed by atoms with Crippen molar-refractivity contribution in [3.63, 3.8) is 0 Å². The third-order valence-corrected chi connectivity index (χ3v) is 2.38. The van der Waals surface area contributed by atoms with Gasteiger partial charge in [-0.25, -0.2) is 8.78 Å². The topological polar surface area (TPSA) is 20.2 Å². The molecule has 2 rings (SSSR count). The van der Waals surface area contributed by atoms with Gasteiger partial charge in [0.15, 0.2) is 0 Å². The summed E-state index contributed by atoms with van der Waals surface area (Å²) >= 11 is 0. The lowest BCUT2D eigenvalue weighted by molar-refractivity contribution is 0.223. The smallest absolute Gasteiger partial charge is 0.130 e. The van der Waals surface area contributed by atoms with Gasteiger partial charge >= 0.3 is 0 Å². The number of rotatable bonds is 1. The Morgan fingerprint density at radius 3 is 2.71 bits per heavy atom. The molecule has 0 radical (unpaired) electrons. The summed E-state index contributed by atoms with van der Waals surface area (Å²) in [6.07, 6.45) is 2.25. The summed E-state index contributed by atoms with van der Waals surface area (Å²) in [6, 6.07) is 3.36. The zero-order valence-corrected chi connectivity index (χ0v) is 7.50. The Kier molecular flexibility index (Phi) is 2.33. The number of halogens is 2. The van der Waals surface area contributed by atoms with E-state index in [1.807, 2.05) is 0 Å². The number of hydrogen-bond donors (Lipinski definition) is 1. The molecule has 0 saturated heterocycles. The zero-order chi connectivity index (χ0) is 10.1. The van der Waals surface area contributed by atoms with Crippen LogP contribution < -0.4 is 0 Å². The molecule has 3 heteroatoms. The summed E-state index contributed by atoms with van der Waals surface area (Å²) in [5.74, 6) is -0.893. The molecule has 0 bridgehead atoms. The minimum Gasteiger partial charge on any atom is -0.389 e. The van der Waals surface area contributed by atoms with Crippen LogP contribution in [0.4, 0.5) is 8.78 Å². The average Bonchev–Trinajstić information content (AvgIpc) is 2.56. The van der Waals surface area contributed by atoms with Crippen LogP contribution in [-0.2, 0) is 0 Å². The van der Waals surface area contributed by atoms with Crippen molar-refractivity contribution in [2.24, 2.45) is 0 Å². The van der Waals surface area contributed by atoms with Gasteiger partial charge in [-0.1, -0.05) is 6.08 Å². The summed E-state index contributed by atoms with van der Waals surface area (Å²) in [4.78, 5) is 0. The first-order chi connectivity index (χ1) is 6.66. The molecule has 14 heavy (non-hydrogen) atoms. The standard InChI is InChI=1S/C11H10F2O/c12-8-2-4-11(13)10(6-8)7-1-3-9(14)5-7/h2,4-6,9,14H,1,3H2. The van der Waals surface area contributed by atoms with Crippen LogP contribution in [0, 0.1) is 11.6 Å². The van der Waals surface area contributed by atoms with Gasteiger partial charge < -0.3 is 5.11 Å². The number of aliphatic hydroxyl groups is 1. The van der Waals surface area contributed by atoms with Gasteiger partial charge in [0.25, 0.3) is 0 Å². The average molecular weight is 196 g/mol. The maximum atomic E-state index is 13.3. The number of allylic oxidation sites excluding steroid dienone is 1. The normalized spacial score (nSPS) is 21.1. The SMILES string of the molecule is OC1C=C(c2cc(F)ccc2F)CC1. The van der Waals surface area contributed by atoms with Crippen LogP contribution in [0.5, 0.6) is 0 Å². The lowest BCUT2D eigenvalue weighted by Gasteiger charge is -2.03. The van der Waals surface area contributed by atoms with E-state index < -0.39 is 17.7 Å². The van der Waals surface area contributed by atoms with Crippen molar-refractivity contribution in [1.29, 1.82) is 0 Å². The van der Waals surface area contributed by atoms with E-state index in [-0.39, 0.29) is 5.56 Å². The third kappa shape index (κ3) is 1.68. The second-order valence-corrected chi connectivity index (χ2v) is 3.42. The van der Waals surface area contributed by atoms with Crippen molar-refractivity contribution in [2.75, 3.05) is 0 Å². The highest BCUT2D eigenvalue weighted by atomic mass is 19.1. The fourth-order valence-corrected chi connectivity index (χ4v) is 1.67. The Labute approximate surface area is 80.7 Å². The van der Waals surface area contributed by atoms with E-state index in [1.54, 1.807) is 6.08 Å². The molecular formula is C11H10F2O. The summed E-state index contributed by atoms with van der Waals surface area (Å²) < 4.78 is 26.1. The molecule has 1 aliphatic rings. The van der Waals surface area contributed by atoms with Crippen molar-refractivity contribution in [1.82, 2.24) is 0 Å². The first kappa shape index (κ1) is 9.34. The number of benzene rings is 1. The Balaban J connectivity index is 2.41. The molecule has 1 aromatic rings. The van der Waals surface area contributed by atoms with Crippen molar-refractivity contribution < 1.29 is 13.9 Å². The van der Waals surface area contributed by atoms with Crippen molar-refractivity contribution in [3.8, 4) is 0 Å². The monoisotopic (exact) mass is 196 g/mol. The zero-order valence-electron chi connectivity index (χ0n) is 7.50. The van der Waals surface area contributed by atoms with Crippen LogP contribution in [0.3, 0.4) is 0 Å². The summed E-state index contributed by atoms with van der Waals surface area (Å²) in [5.41, 5.74) is 0.955. The second kappa shape index (κ2) is 3.50. The number of hydrogen-bond acceptors (Lipinski definition) is 1. The molecular weight excluding hydrogens is 186 g/mol. The van der Waals surface area contributed by atoms with Crippen molar-refractivity contribution >= 4 is 5.57 Å². The lowest BCUT2D eigenvalue weighted by Crippen LogP contribution is -1.93.